The Balaban J connectivity index is -0.000000514. The van der Waals surface area contributed by atoms with Crippen molar-refractivity contribution in [2.75, 3.05) is 7.11 Å². The number of carbonyl (C=O) groups is 2. The van der Waals surface area contributed by atoms with Crippen molar-refractivity contribution in [1.82, 2.24) is 0 Å². The van der Waals surface area contributed by atoms with E-state index in [1.165, 1.54) is 64.9 Å². The maximum atomic E-state index is 11.8. The normalized spacial score (nSPS) is 11.7. The molecule has 0 unspecified atom stereocenters. The van der Waals surface area contributed by atoms with Gasteiger partial charge in [0.15, 0.2) is 0 Å². The van der Waals surface area contributed by atoms with Crippen LogP contribution in [0.25, 0.3) is 0 Å². The summed E-state index contributed by atoms with van der Waals surface area (Å²) < 4.78 is 27.1. The van der Waals surface area contributed by atoms with Gasteiger partial charge >= 0.3 is 39.9 Å². The summed E-state index contributed by atoms with van der Waals surface area (Å²) in [7, 11) is 1.45. The Labute approximate surface area is 208 Å². The first-order valence-corrected chi connectivity index (χ1v) is 10.7. The molecule has 1 fully saturated rings. The molecular formula is C25H35O6Tc. The van der Waals surface area contributed by atoms with Gasteiger partial charge in [0.25, 0.3) is 0 Å². The Kier molecular flexibility index (Phi) is 41.4. The predicted molar refractivity (Wildman–Crippen MR) is 114 cm³/mol. The average molecular weight is 530 g/mol. The second-order valence-corrected chi connectivity index (χ2v) is 6.92. The molecule has 1 rings (SSSR count). The summed E-state index contributed by atoms with van der Waals surface area (Å²) in [6, 6.07) is 0. The molecule has 0 bridgehead atoms. The van der Waals surface area contributed by atoms with Gasteiger partial charge in [-0.3, -0.25) is 9.59 Å². The van der Waals surface area contributed by atoms with Gasteiger partial charge < -0.3 is 4.74 Å². The van der Waals surface area contributed by atoms with E-state index in [1.54, 1.807) is 0 Å². The second-order valence-electron chi connectivity index (χ2n) is 6.92. The van der Waals surface area contributed by atoms with Crippen molar-refractivity contribution < 1.29 is 48.4 Å². The minimum atomic E-state index is -0.0877. The number of ether oxygens (including phenoxy) is 1. The summed E-state index contributed by atoms with van der Waals surface area (Å²) in [4.78, 5) is 22.8. The Morgan fingerprint density at radius 1 is 0.656 bits per heavy atom. The van der Waals surface area contributed by atoms with Crippen LogP contribution in [0.3, 0.4) is 0 Å². The van der Waals surface area contributed by atoms with Gasteiger partial charge in [-0.1, -0.05) is 64.2 Å². The van der Waals surface area contributed by atoms with Crippen LogP contribution in [0.4, 0.5) is 0 Å². The number of Topliss-reactive ketones (excluding diaryl/α,β-unsaturated/α-hetero) is 1. The summed E-state index contributed by atoms with van der Waals surface area (Å²) in [5, 5.41) is 0. The van der Waals surface area contributed by atoms with E-state index in [2.05, 4.69) is 24.7 Å². The predicted octanol–water partition coefficient (Wildman–Crippen LogP) is 5.48. The fourth-order valence-electron chi connectivity index (χ4n) is 3.13. The third-order valence-electron chi connectivity index (χ3n) is 4.75. The molecule has 1 aliphatic carbocycles. The van der Waals surface area contributed by atoms with Crippen LogP contribution in [0.5, 0.6) is 0 Å². The molecule has 0 saturated heterocycles. The van der Waals surface area contributed by atoms with Gasteiger partial charge in [0, 0.05) is 38.9 Å². The van der Waals surface area contributed by atoms with E-state index in [0.29, 0.717) is 12.8 Å². The number of rotatable bonds is 16. The monoisotopic (exact) mass is 530 g/mol. The molecule has 1 saturated carbocycles. The van der Waals surface area contributed by atoms with Gasteiger partial charge in [-0.25, -0.2) is 0 Å². The maximum absolute atomic E-state index is 11.8. The summed E-state index contributed by atoms with van der Waals surface area (Å²) >= 11 is 0. The van der Waals surface area contributed by atoms with Crippen LogP contribution < -0.4 is 0 Å². The topological polar surface area (TPSA) is 103 Å². The molecule has 6 nitrogen and oxygen atoms in total. The molecule has 0 aliphatic heterocycles. The van der Waals surface area contributed by atoms with Crippen LogP contribution in [0.2, 0.25) is 0 Å². The second kappa shape index (κ2) is 34.6. The van der Waals surface area contributed by atoms with Gasteiger partial charge in [0.2, 0.25) is 0 Å². The molecule has 0 aromatic heterocycles. The SMILES string of the molecule is COC(=O)CCCCCCCCCCCCCCC(=O)[C]1[CH][CH][CH][CH]1.[99Tc].[C-]#[O+].[C-]#[O+].[C-]#[O+]. The van der Waals surface area contributed by atoms with Gasteiger partial charge in [0.05, 0.1) is 7.11 Å². The van der Waals surface area contributed by atoms with Crippen molar-refractivity contribution in [3.05, 3.63) is 51.6 Å². The van der Waals surface area contributed by atoms with Crippen molar-refractivity contribution in [3.8, 4) is 0 Å². The fraction of sp³-hybridized carbons (Fsp3) is 0.600. The zero-order valence-electron chi connectivity index (χ0n) is 19.0. The molecule has 0 aromatic rings. The third-order valence-corrected chi connectivity index (χ3v) is 4.75. The number of methoxy groups -OCH3 is 1. The Bertz CT molecular complexity index is 453. The summed E-state index contributed by atoms with van der Waals surface area (Å²) in [6.07, 6.45) is 23.6. The first-order chi connectivity index (χ1) is 15.2. The first kappa shape index (κ1) is 38.3. The molecule has 0 N–H and O–H groups in total. The fourth-order valence-corrected chi connectivity index (χ4v) is 3.13. The molecule has 0 atom stereocenters. The number of esters is 1. The molecule has 0 aromatic carbocycles. The number of ketones is 1. The average Bonchev–Trinajstić information content (AvgIpc) is 3.38. The van der Waals surface area contributed by atoms with Crippen molar-refractivity contribution in [2.45, 2.75) is 89.9 Å². The molecule has 1 aliphatic rings. The van der Waals surface area contributed by atoms with Crippen LogP contribution in [0.1, 0.15) is 89.9 Å². The van der Waals surface area contributed by atoms with E-state index in [0.717, 1.165) is 25.2 Å². The minimum absolute atomic E-state index is 0. The molecule has 7 heteroatoms. The van der Waals surface area contributed by atoms with E-state index in [4.69, 9.17) is 14.0 Å². The number of unbranched alkanes of at least 4 members (excludes halogenated alkanes) is 11. The van der Waals surface area contributed by atoms with Crippen LogP contribution in [-0.4, -0.2) is 18.9 Å². The van der Waals surface area contributed by atoms with E-state index in [-0.39, 0.29) is 31.9 Å². The van der Waals surface area contributed by atoms with E-state index in [9.17, 15) is 9.59 Å². The van der Waals surface area contributed by atoms with Crippen molar-refractivity contribution in [2.24, 2.45) is 0 Å². The zero-order chi connectivity index (χ0) is 24.2. The molecule has 32 heavy (non-hydrogen) atoms. The van der Waals surface area contributed by atoms with Gasteiger partial charge in [-0.15, -0.1) is 0 Å². The van der Waals surface area contributed by atoms with Gasteiger partial charge in [0.1, 0.15) is 5.78 Å². The van der Waals surface area contributed by atoms with E-state index < -0.39 is 0 Å². The van der Waals surface area contributed by atoms with Crippen molar-refractivity contribution in [3.63, 3.8) is 0 Å². The molecule has 178 valence electrons. The van der Waals surface area contributed by atoms with Crippen LogP contribution in [0, 0.1) is 51.6 Å². The number of hydrogen-bond donors (Lipinski definition) is 0. The third kappa shape index (κ3) is 27.0. The first-order valence-electron chi connectivity index (χ1n) is 10.7. The molecular weight excluding hydrogens is 495 g/mol. The van der Waals surface area contributed by atoms with E-state index in [1.807, 2.05) is 25.7 Å². The molecule has 0 amide bonds. The zero-order valence-corrected chi connectivity index (χ0v) is 20.9. The Morgan fingerprint density at radius 2 is 0.969 bits per heavy atom. The summed E-state index contributed by atoms with van der Waals surface area (Å²) in [6.45, 7) is 13.5. The molecule has 0 spiro atoms. The van der Waals surface area contributed by atoms with Gasteiger partial charge in [-0.05, 0) is 38.5 Å². The van der Waals surface area contributed by atoms with E-state index >= 15 is 0 Å². The summed E-state index contributed by atoms with van der Waals surface area (Å²) in [5.41, 5.74) is 0. The molecule has 6 radical (unpaired) electrons. The quantitative estimate of drug-likeness (QED) is 0.114. The number of carbonyl (C=O) groups excluding carboxylic acids is 2. The van der Waals surface area contributed by atoms with Gasteiger partial charge in [-0.2, -0.15) is 0 Å². The van der Waals surface area contributed by atoms with Crippen LogP contribution in [0.15, 0.2) is 0 Å². The standard InChI is InChI=1S/C22H35O3.3CO.Tc/c1-25-22(24)19-13-11-9-7-5-3-2-4-6-8-10-12-18-21(23)20-16-14-15-17-20;3*1-2;/h14-17H,2-13,18-19H2,1H3;;;;/i;;;;1+1. The molecule has 0 heterocycles. The Morgan fingerprint density at radius 3 is 1.31 bits per heavy atom. The number of hydrogen-bond acceptors (Lipinski definition) is 3. The Hall–Kier alpha value is -0.991. The van der Waals surface area contributed by atoms with Crippen molar-refractivity contribution in [1.29, 1.82) is 0 Å². The van der Waals surface area contributed by atoms with Crippen LogP contribution in [-0.2, 0) is 48.4 Å². The summed E-state index contributed by atoms with van der Waals surface area (Å²) in [5.74, 6) is 1.07. The van der Waals surface area contributed by atoms with Crippen molar-refractivity contribution >= 4 is 11.8 Å². The van der Waals surface area contributed by atoms with Crippen LogP contribution >= 0.6 is 0 Å².